The van der Waals surface area contributed by atoms with E-state index in [2.05, 4.69) is 31.4 Å². The molecule has 2 aromatic carbocycles. The second-order valence-electron chi connectivity index (χ2n) is 7.37. The molecule has 164 valence electrons. The third kappa shape index (κ3) is 3.23. The van der Waals surface area contributed by atoms with Crippen LogP contribution in [0.5, 0.6) is 0 Å². The van der Waals surface area contributed by atoms with Gasteiger partial charge in [0.25, 0.3) is 5.91 Å². The fourth-order valence-electron chi connectivity index (χ4n) is 3.69. The Balaban J connectivity index is 1.42. The van der Waals surface area contributed by atoms with Crippen LogP contribution in [-0.2, 0) is 12.2 Å². The largest absolute Gasteiger partial charge is 0.442 e. The van der Waals surface area contributed by atoms with Crippen LogP contribution in [0.2, 0.25) is 0 Å². The van der Waals surface area contributed by atoms with Crippen molar-refractivity contribution in [2.45, 2.75) is 18.4 Å². The van der Waals surface area contributed by atoms with Gasteiger partial charge in [-0.1, -0.05) is 18.1 Å². The van der Waals surface area contributed by atoms with Gasteiger partial charge in [-0.2, -0.15) is 18.2 Å². The third-order valence-electron chi connectivity index (χ3n) is 5.37. The first-order valence-electron chi connectivity index (χ1n) is 9.65. The van der Waals surface area contributed by atoms with Crippen molar-refractivity contribution in [3.63, 3.8) is 0 Å². The summed E-state index contributed by atoms with van der Waals surface area (Å²) in [5, 5.41) is 10.3. The molecule has 0 unspecified atom stereocenters. The summed E-state index contributed by atoms with van der Waals surface area (Å²) in [5.41, 5.74) is 4.95. The zero-order chi connectivity index (χ0) is 23.4. The lowest BCUT2D eigenvalue weighted by atomic mass is 10.0. The maximum atomic E-state index is 13.1. The number of carbonyl (C=O) groups is 1. The first-order valence-corrected chi connectivity index (χ1v) is 9.65. The van der Waals surface area contributed by atoms with Gasteiger partial charge in [0, 0.05) is 28.2 Å². The van der Waals surface area contributed by atoms with Crippen molar-refractivity contribution in [3.8, 4) is 12.3 Å². The van der Waals surface area contributed by atoms with Gasteiger partial charge in [0.05, 0.1) is 17.4 Å². The number of terminal acetylenes is 1. The molecule has 0 saturated carbocycles. The van der Waals surface area contributed by atoms with E-state index >= 15 is 0 Å². The lowest BCUT2D eigenvalue weighted by molar-refractivity contribution is -0.166. The van der Waals surface area contributed by atoms with Gasteiger partial charge >= 0.3 is 11.8 Å². The highest BCUT2D eigenvalue weighted by molar-refractivity contribution is 6.11. The van der Waals surface area contributed by atoms with Crippen molar-refractivity contribution in [1.29, 1.82) is 0 Å². The number of nitrogen functional groups attached to an aromatic ring is 1. The van der Waals surface area contributed by atoms with Gasteiger partial charge in [0.1, 0.15) is 5.82 Å². The Morgan fingerprint density at radius 3 is 2.48 bits per heavy atom. The minimum Gasteiger partial charge on any atom is -0.383 e. The topological polar surface area (TPSA) is 111 Å². The Bertz CT molecular complexity index is 1490. The average Bonchev–Trinajstić information content (AvgIpc) is 3.51. The number of aromatic nitrogens is 3. The van der Waals surface area contributed by atoms with Gasteiger partial charge in [-0.15, -0.1) is 16.7 Å². The third-order valence-corrected chi connectivity index (χ3v) is 5.37. The highest BCUT2D eigenvalue weighted by Gasteiger charge is 2.65. The second kappa shape index (κ2) is 7.03. The number of carbonyl (C=O) groups excluding carboxylic acids is 1. The molecule has 3 N–H and O–H groups in total. The second-order valence-corrected chi connectivity index (χ2v) is 7.37. The van der Waals surface area contributed by atoms with Crippen LogP contribution in [0.4, 0.5) is 24.9 Å². The van der Waals surface area contributed by atoms with Crippen LogP contribution >= 0.6 is 0 Å². The Morgan fingerprint density at radius 1 is 1.12 bits per heavy atom. The van der Waals surface area contributed by atoms with E-state index in [0.29, 0.717) is 17.4 Å². The van der Waals surface area contributed by atoms with Crippen LogP contribution in [0.3, 0.4) is 0 Å². The maximum Gasteiger partial charge on any atom is 0.442 e. The smallest absolute Gasteiger partial charge is 0.383 e. The number of anilines is 2. The number of hydrogen-bond acceptors (Lipinski definition) is 6. The summed E-state index contributed by atoms with van der Waals surface area (Å²) in [7, 11) is 0. The number of halogens is 3. The molecule has 0 atom stereocenters. The predicted octanol–water partition coefficient (Wildman–Crippen LogP) is 4.23. The first kappa shape index (κ1) is 20.4. The van der Waals surface area contributed by atoms with Gasteiger partial charge in [-0.05, 0) is 30.3 Å². The normalized spacial score (nSPS) is 14.4. The SMILES string of the molecule is C#CCn1ccc2c3c(N)nc(NC(=O)c4ccc(C5(C(F)(F)F)N=N5)cc4)nc3ccc21. The van der Waals surface area contributed by atoms with Gasteiger partial charge in [-0.3, -0.25) is 10.1 Å². The van der Waals surface area contributed by atoms with Crippen molar-refractivity contribution < 1.29 is 18.0 Å². The molecule has 3 heterocycles. The van der Waals surface area contributed by atoms with Crippen LogP contribution in [0, 0.1) is 12.3 Å². The van der Waals surface area contributed by atoms with E-state index in [1.165, 1.54) is 12.1 Å². The molecular formula is C22H14F3N7O. The molecule has 0 bridgehead atoms. The lowest BCUT2D eigenvalue weighted by Gasteiger charge is -2.15. The number of rotatable bonds is 4. The summed E-state index contributed by atoms with van der Waals surface area (Å²) in [6.45, 7) is 0.398. The molecule has 4 aromatic rings. The van der Waals surface area contributed by atoms with Crippen LogP contribution in [0.25, 0.3) is 21.8 Å². The van der Waals surface area contributed by atoms with Gasteiger partial charge in [-0.25, -0.2) is 4.98 Å². The fraction of sp³-hybridized carbons (Fsp3) is 0.136. The fourth-order valence-corrected chi connectivity index (χ4v) is 3.69. The number of benzene rings is 2. The molecule has 8 nitrogen and oxygen atoms in total. The number of nitrogens with one attached hydrogen (secondary N) is 1. The summed E-state index contributed by atoms with van der Waals surface area (Å²) in [5.74, 6) is 2.11. The monoisotopic (exact) mass is 449 g/mol. The minimum absolute atomic E-state index is 0.0320. The van der Waals surface area contributed by atoms with Crippen molar-refractivity contribution in [3.05, 3.63) is 59.8 Å². The van der Waals surface area contributed by atoms with Crippen molar-refractivity contribution >= 4 is 39.5 Å². The van der Waals surface area contributed by atoms with Crippen LogP contribution in [0.15, 0.2) is 58.9 Å². The summed E-state index contributed by atoms with van der Waals surface area (Å²) in [4.78, 5) is 21.1. The molecule has 1 aliphatic rings. The number of fused-ring (bicyclic) bond motifs is 3. The Kier molecular flexibility index (Phi) is 4.35. The number of amides is 1. The van der Waals surface area contributed by atoms with E-state index in [0.717, 1.165) is 23.0 Å². The molecular weight excluding hydrogens is 435 g/mol. The lowest BCUT2D eigenvalue weighted by Crippen LogP contribution is -2.30. The van der Waals surface area contributed by atoms with E-state index in [4.69, 9.17) is 12.2 Å². The van der Waals surface area contributed by atoms with E-state index in [-0.39, 0.29) is 22.9 Å². The Morgan fingerprint density at radius 2 is 1.85 bits per heavy atom. The van der Waals surface area contributed by atoms with E-state index in [1.807, 2.05) is 22.9 Å². The molecule has 1 aliphatic heterocycles. The number of nitrogens with two attached hydrogens (primary N) is 1. The molecule has 0 radical (unpaired) electrons. The quantitative estimate of drug-likeness (QED) is 0.454. The first-order chi connectivity index (χ1) is 15.7. The molecule has 2 aromatic heterocycles. The summed E-state index contributed by atoms with van der Waals surface area (Å²) >= 11 is 0. The minimum atomic E-state index is -4.64. The molecule has 33 heavy (non-hydrogen) atoms. The van der Waals surface area contributed by atoms with Crippen molar-refractivity contribution in [2.24, 2.45) is 10.2 Å². The zero-order valence-electron chi connectivity index (χ0n) is 16.8. The number of hydrogen-bond donors (Lipinski definition) is 2. The van der Waals surface area contributed by atoms with E-state index < -0.39 is 17.7 Å². The summed E-state index contributed by atoms with van der Waals surface area (Å²) < 4.78 is 41.3. The Hall–Kier alpha value is -4.46. The number of nitrogens with zero attached hydrogens (tertiary/aromatic N) is 5. The van der Waals surface area contributed by atoms with E-state index in [1.54, 1.807) is 6.07 Å². The zero-order valence-corrected chi connectivity index (χ0v) is 16.8. The van der Waals surface area contributed by atoms with Crippen LogP contribution in [-0.4, -0.2) is 26.6 Å². The van der Waals surface area contributed by atoms with Crippen molar-refractivity contribution in [1.82, 2.24) is 14.5 Å². The molecule has 11 heteroatoms. The van der Waals surface area contributed by atoms with Gasteiger partial charge in [0.2, 0.25) is 5.95 Å². The average molecular weight is 449 g/mol. The standard InChI is InChI=1S/C22H14F3N7O/c1-2-10-32-11-9-14-16(32)8-7-15-17(14)18(26)28-20(27-15)29-19(33)12-3-5-13(6-4-12)21(30-31-21)22(23,24)25/h1,3-9,11H,10H2,(H3,26,27,28,29,33). The molecule has 0 saturated heterocycles. The summed E-state index contributed by atoms with van der Waals surface area (Å²) in [6.07, 6.45) is 2.60. The highest BCUT2D eigenvalue weighted by atomic mass is 19.4. The maximum absolute atomic E-state index is 13.1. The molecule has 0 fully saturated rings. The van der Waals surface area contributed by atoms with Crippen molar-refractivity contribution in [2.75, 3.05) is 11.1 Å². The van der Waals surface area contributed by atoms with Gasteiger partial charge < -0.3 is 10.3 Å². The molecule has 0 spiro atoms. The Labute approximate surface area is 184 Å². The summed E-state index contributed by atoms with van der Waals surface area (Å²) in [6, 6.07) is 10.3. The van der Waals surface area contributed by atoms with Crippen LogP contribution in [0.1, 0.15) is 15.9 Å². The number of alkyl halides is 3. The van der Waals surface area contributed by atoms with Crippen LogP contribution < -0.4 is 11.1 Å². The molecule has 0 aliphatic carbocycles. The van der Waals surface area contributed by atoms with Gasteiger partial charge in [0.15, 0.2) is 0 Å². The molecule has 1 amide bonds. The predicted molar refractivity (Wildman–Crippen MR) is 115 cm³/mol. The van der Waals surface area contributed by atoms with E-state index in [9.17, 15) is 18.0 Å². The highest BCUT2D eigenvalue weighted by Crippen LogP contribution is 2.52. The molecule has 5 rings (SSSR count).